The zero-order valence-electron chi connectivity index (χ0n) is 18.3. The number of H-pyrrole nitrogens is 1. The largest absolute Gasteiger partial charge is 0.351 e. The van der Waals surface area contributed by atoms with E-state index in [1.54, 1.807) is 13.8 Å². The van der Waals surface area contributed by atoms with E-state index in [2.05, 4.69) is 10.4 Å². The van der Waals surface area contributed by atoms with E-state index in [0.717, 1.165) is 10.7 Å². The maximum atomic E-state index is 13.4. The molecule has 3 rings (SSSR count). The number of carbonyl (C=O) groups is 1. The number of benzene rings is 1. The summed E-state index contributed by atoms with van der Waals surface area (Å²) in [6, 6.07) is 4.92. The van der Waals surface area contributed by atoms with Crippen LogP contribution in [0.4, 0.5) is 8.78 Å². The van der Waals surface area contributed by atoms with Crippen molar-refractivity contribution in [2.24, 2.45) is 0 Å². The number of fused-ring (bicyclic) bond motifs is 1. The molecule has 1 aromatic carbocycles. The second-order valence-corrected chi connectivity index (χ2v) is 7.82. The van der Waals surface area contributed by atoms with Crippen LogP contribution in [0.2, 0.25) is 5.02 Å². The van der Waals surface area contributed by atoms with E-state index < -0.39 is 17.2 Å². The molecule has 1 amide bonds. The number of pyridine rings is 1. The van der Waals surface area contributed by atoms with Gasteiger partial charge in [0, 0.05) is 30.4 Å². The van der Waals surface area contributed by atoms with Crippen LogP contribution in [0.5, 0.6) is 0 Å². The van der Waals surface area contributed by atoms with Gasteiger partial charge in [-0.25, -0.2) is 13.5 Å². The minimum absolute atomic E-state index is 0.0387. The Balaban J connectivity index is 1.89. The van der Waals surface area contributed by atoms with Crippen molar-refractivity contribution in [2.75, 3.05) is 6.54 Å². The predicted octanol–water partition coefficient (Wildman–Crippen LogP) is 3.91. The van der Waals surface area contributed by atoms with Crippen molar-refractivity contribution in [3.63, 3.8) is 0 Å². The summed E-state index contributed by atoms with van der Waals surface area (Å²) < 4.78 is 28.9. The summed E-state index contributed by atoms with van der Waals surface area (Å²) in [6.07, 6.45) is 3.04. The number of amides is 1. The molecule has 10 heteroatoms. The lowest BCUT2D eigenvalue weighted by molar-refractivity contribution is -0.117. The lowest BCUT2D eigenvalue weighted by Crippen LogP contribution is -2.32. The minimum Gasteiger partial charge on any atom is -0.351 e. The molecule has 7 nitrogen and oxygen atoms in total. The van der Waals surface area contributed by atoms with Gasteiger partial charge >= 0.3 is 0 Å². The highest BCUT2D eigenvalue weighted by atomic mass is 35.5. The van der Waals surface area contributed by atoms with E-state index in [0.29, 0.717) is 23.2 Å². The summed E-state index contributed by atoms with van der Waals surface area (Å²) in [7, 11) is 0. The fraction of sp³-hybridized carbons (Fsp3) is 0.261. The standard InChI is InChI=1S/C23H23ClF2N4O3/c1-4-15(6-5-13(2)25)22(32)27-9-10-29-14(3)21-18(12-20(29)31)28-30(23(21)33)19-8-7-16(26)11-17(19)24/h5-8,11-12,28H,4,9-10H2,1-3H3,(H,27,32)/b13-5+,15-6+. The Hall–Kier alpha value is -3.46. The molecular weight excluding hydrogens is 454 g/mol. The molecule has 0 bridgehead atoms. The quantitative estimate of drug-likeness (QED) is 0.400. The van der Waals surface area contributed by atoms with Gasteiger partial charge in [-0.1, -0.05) is 24.6 Å². The molecular formula is C23H23ClF2N4O3. The summed E-state index contributed by atoms with van der Waals surface area (Å²) in [6.45, 7) is 4.95. The van der Waals surface area contributed by atoms with E-state index in [4.69, 9.17) is 11.6 Å². The Bertz CT molecular complexity index is 1400. The fourth-order valence-corrected chi connectivity index (χ4v) is 3.74. The summed E-state index contributed by atoms with van der Waals surface area (Å²) >= 11 is 6.09. The lowest BCUT2D eigenvalue weighted by Gasteiger charge is -2.11. The number of nitrogens with one attached hydrogen (secondary N) is 2. The molecule has 0 fully saturated rings. The van der Waals surface area contributed by atoms with Gasteiger partial charge in [0.1, 0.15) is 5.82 Å². The number of rotatable bonds is 7. The van der Waals surface area contributed by atoms with Gasteiger partial charge in [0.05, 0.1) is 27.4 Å². The molecule has 0 aliphatic rings. The van der Waals surface area contributed by atoms with Gasteiger partial charge in [-0.3, -0.25) is 19.5 Å². The number of aromatic nitrogens is 3. The van der Waals surface area contributed by atoms with E-state index in [1.807, 2.05) is 0 Å². The Labute approximate surface area is 193 Å². The third-order valence-corrected chi connectivity index (χ3v) is 5.48. The second-order valence-electron chi connectivity index (χ2n) is 7.41. The highest BCUT2D eigenvalue weighted by Crippen LogP contribution is 2.21. The molecule has 0 saturated heterocycles. The van der Waals surface area contributed by atoms with Crippen LogP contribution < -0.4 is 16.4 Å². The third-order valence-electron chi connectivity index (χ3n) is 5.18. The molecule has 33 heavy (non-hydrogen) atoms. The highest BCUT2D eigenvalue weighted by Gasteiger charge is 2.17. The Morgan fingerprint density at radius 1 is 1.24 bits per heavy atom. The van der Waals surface area contributed by atoms with Crippen molar-refractivity contribution in [2.45, 2.75) is 33.7 Å². The van der Waals surface area contributed by atoms with Crippen LogP contribution in [0.1, 0.15) is 26.0 Å². The molecule has 174 valence electrons. The van der Waals surface area contributed by atoms with Gasteiger partial charge in [0.15, 0.2) is 0 Å². The van der Waals surface area contributed by atoms with E-state index >= 15 is 0 Å². The van der Waals surface area contributed by atoms with Crippen LogP contribution in [0.25, 0.3) is 16.6 Å². The maximum absolute atomic E-state index is 13.4. The molecule has 3 aromatic rings. The number of aryl methyl sites for hydroxylation is 1. The molecule has 0 aliphatic carbocycles. The van der Waals surface area contributed by atoms with Crippen molar-refractivity contribution in [1.82, 2.24) is 19.7 Å². The van der Waals surface area contributed by atoms with Gasteiger partial charge in [0.25, 0.3) is 11.1 Å². The van der Waals surface area contributed by atoms with Gasteiger partial charge in [-0.15, -0.1) is 0 Å². The number of allylic oxidation sites excluding steroid dienone is 3. The van der Waals surface area contributed by atoms with Crippen molar-refractivity contribution in [3.05, 3.63) is 85.1 Å². The monoisotopic (exact) mass is 476 g/mol. The first kappa shape index (κ1) is 24.2. The molecule has 0 spiro atoms. The smallest absolute Gasteiger partial charge is 0.280 e. The SMILES string of the molecule is CC/C(=C\C=C(/C)F)C(=O)NCCn1c(C)c2c(=O)n(-c3ccc(F)cc3Cl)[nH]c2cc1=O. The van der Waals surface area contributed by atoms with Gasteiger partial charge < -0.3 is 9.88 Å². The zero-order chi connectivity index (χ0) is 24.3. The third kappa shape index (κ3) is 5.14. The van der Waals surface area contributed by atoms with Crippen molar-refractivity contribution in [3.8, 4) is 5.69 Å². The summed E-state index contributed by atoms with van der Waals surface area (Å²) in [5, 5.41) is 5.86. The summed E-state index contributed by atoms with van der Waals surface area (Å²) in [5.41, 5.74) is 0.561. The molecule has 0 unspecified atom stereocenters. The molecule has 2 N–H and O–H groups in total. The van der Waals surface area contributed by atoms with Crippen LogP contribution in [0.15, 0.2) is 57.4 Å². The molecule has 2 heterocycles. The number of halogens is 3. The highest BCUT2D eigenvalue weighted by molar-refractivity contribution is 6.32. The second kappa shape index (κ2) is 9.99. The van der Waals surface area contributed by atoms with Crippen molar-refractivity contribution < 1.29 is 13.6 Å². The first-order valence-electron chi connectivity index (χ1n) is 10.3. The molecule has 0 radical (unpaired) electrons. The number of aromatic amines is 1. The molecule has 0 atom stereocenters. The van der Waals surface area contributed by atoms with Crippen LogP contribution in [-0.2, 0) is 11.3 Å². The van der Waals surface area contributed by atoms with Crippen LogP contribution in [0.3, 0.4) is 0 Å². The van der Waals surface area contributed by atoms with E-state index in [1.165, 1.54) is 41.8 Å². The number of hydrogen-bond acceptors (Lipinski definition) is 3. The fourth-order valence-electron chi connectivity index (χ4n) is 3.48. The van der Waals surface area contributed by atoms with Crippen LogP contribution in [0, 0.1) is 12.7 Å². The topological polar surface area (TPSA) is 88.9 Å². The Morgan fingerprint density at radius 3 is 2.61 bits per heavy atom. The van der Waals surface area contributed by atoms with Gasteiger partial charge in [0.2, 0.25) is 5.91 Å². The average molecular weight is 477 g/mol. The summed E-state index contributed by atoms with van der Waals surface area (Å²) in [5.74, 6) is -1.32. The molecule has 2 aromatic heterocycles. The Kier molecular flexibility index (Phi) is 7.33. The van der Waals surface area contributed by atoms with Crippen molar-refractivity contribution >= 4 is 28.4 Å². The Morgan fingerprint density at radius 2 is 1.97 bits per heavy atom. The number of nitrogens with zero attached hydrogens (tertiary/aromatic N) is 2. The lowest BCUT2D eigenvalue weighted by atomic mass is 10.1. The normalized spacial score (nSPS) is 12.4. The number of carbonyl (C=O) groups excluding carboxylic acids is 1. The summed E-state index contributed by atoms with van der Waals surface area (Å²) in [4.78, 5) is 38.0. The molecule has 0 aliphatic heterocycles. The predicted molar refractivity (Wildman–Crippen MR) is 124 cm³/mol. The van der Waals surface area contributed by atoms with Crippen LogP contribution in [-0.4, -0.2) is 26.8 Å². The first-order valence-corrected chi connectivity index (χ1v) is 10.6. The maximum Gasteiger partial charge on any atom is 0.280 e. The minimum atomic E-state index is -0.539. The zero-order valence-corrected chi connectivity index (χ0v) is 19.1. The van der Waals surface area contributed by atoms with Gasteiger partial charge in [-0.2, -0.15) is 0 Å². The van der Waals surface area contributed by atoms with Crippen LogP contribution >= 0.6 is 11.6 Å². The van der Waals surface area contributed by atoms with E-state index in [-0.39, 0.29) is 40.7 Å². The first-order chi connectivity index (χ1) is 15.6. The van der Waals surface area contributed by atoms with E-state index in [9.17, 15) is 23.2 Å². The molecule has 0 saturated carbocycles. The average Bonchev–Trinajstić information content (AvgIpc) is 3.06. The van der Waals surface area contributed by atoms with Gasteiger partial charge in [-0.05, 0) is 44.5 Å². The number of hydrogen-bond donors (Lipinski definition) is 2. The van der Waals surface area contributed by atoms with Crippen molar-refractivity contribution in [1.29, 1.82) is 0 Å².